The van der Waals surface area contributed by atoms with Crippen molar-refractivity contribution < 1.29 is 9.84 Å². The van der Waals surface area contributed by atoms with Crippen molar-refractivity contribution in [3.63, 3.8) is 0 Å². The maximum Gasteiger partial charge on any atom is 0.129 e. The Morgan fingerprint density at radius 1 is 1.00 bits per heavy atom. The Bertz CT molecular complexity index is 950. The maximum absolute atomic E-state index is 8.97. The van der Waals surface area contributed by atoms with Crippen LogP contribution in [0.2, 0.25) is 0 Å². The van der Waals surface area contributed by atoms with Crippen LogP contribution in [0.15, 0.2) is 55.0 Å². The van der Waals surface area contributed by atoms with E-state index in [2.05, 4.69) is 45.5 Å². The summed E-state index contributed by atoms with van der Waals surface area (Å²) in [4.78, 5) is 13.0. The number of methoxy groups -OCH3 is 1. The predicted octanol–water partition coefficient (Wildman–Crippen LogP) is 3.80. The van der Waals surface area contributed by atoms with E-state index in [0.717, 1.165) is 29.4 Å². The summed E-state index contributed by atoms with van der Waals surface area (Å²) in [6.45, 7) is 5.71. The number of aliphatic hydroxyl groups is 1. The second-order valence-corrected chi connectivity index (χ2v) is 7.26. The molecule has 0 saturated heterocycles. The lowest BCUT2D eigenvalue weighted by molar-refractivity contribution is 0.311. The van der Waals surface area contributed by atoms with Crippen molar-refractivity contribution in [3.05, 3.63) is 60.6 Å². The first-order valence-electron chi connectivity index (χ1n) is 10.1. The molecule has 0 bridgehead atoms. The van der Waals surface area contributed by atoms with Crippen LogP contribution in [0.4, 0.5) is 11.6 Å². The van der Waals surface area contributed by atoms with E-state index in [-0.39, 0.29) is 6.61 Å². The van der Waals surface area contributed by atoms with Crippen LogP contribution in [-0.2, 0) is 0 Å². The molecule has 0 saturated carbocycles. The third kappa shape index (κ3) is 5.45. The molecule has 3 N–H and O–H groups in total. The fraction of sp³-hybridized carbons (Fsp3) is 0.348. The van der Waals surface area contributed by atoms with Crippen LogP contribution in [0.1, 0.15) is 25.3 Å². The number of aliphatic hydroxyl groups excluding tert-OH is 1. The first-order chi connectivity index (χ1) is 14.6. The zero-order valence-electron chi connectivity index (χ0n) is 17.7. The summed E-state index contributed by atoms with van der Waals surface area (Å²) in [5.41, 5.74) is 2.95. The molecule has 0 spiro atoms. The number of rotatable bonds is 10. The van der Waals surface area contributed by atoms with Gasteiger partial charge in [-0.3, -0.25) is 0 Å². The van der Waals surface area contributed by atoms with E-state index in [0.29, 0.717) is 24.2 Å². The molecule has 0 amide bonds. The number of pyridine rings is 1. The summed E-state index contributed by atoms with van der Waals surface area (Å²) in [6.07, 6.45) is 3.29. The van der Waals surface area contributed by atoms with Crippen molar-refractivity contribution in [2.75, 3.05) is 37.4 Å². The third-order valence-electron chi connectivity index (χ3n) is 5.23. The SMILES string of the molecule is COc1ccccc1C(C)[C@H](C)CNc1cc(-c2ccnc(NCCO)c2)ncn1. The predicted molar refractivity (Wildman–Crippen MR) is 120 cm³/mol. The number of para-hydroxylation sites is 1. The molecule has 30 heavy (non-hydrogen) atoms. The van der Waals surface area contributed by atoms with E-state index in [9.17, 15) is 0 Å². The van der Waals surface area contributed by atoms with Crippen molar-refractivity contribution in [2.45, 2.75) is 19.8 Å². The van der Waals surface area contributed by atoms with Crippen LogP contribution >= 0.6 is 0 Å². The van der Waals surface area contributed by atoms with Gasteiger partial charge in [-0.1, -0.05) is 32.0 Å². The van der Waals surface area contributed by atoms with Crippen molar-refractivity contribution in [1.29, 1.82) is 0 Å². The van der Waals surface area contributed by atoms with Gasteiger partial charge in [0, 0.05) is 30.9 Å². The van der Waals surface area contributed by atoms with Gasteiger partial charge in [0.2, 0.25) is 0 Å². The largest absolute Gasteiger partial charge is 0.496 e. The minimum atomic E-state index is 0.0545. The van der Waals surface area contributed by atoms with Crippen LogP contribution in [0, 0.1) is 5.92 Å². The molecular weight excluding hydrogens is 378 g/mol. The summed E-state index contributed by atoms with van der Waals surface area (Å²) in [5, 5.41) is 15.5. The van der Waals surface area contributed by atoms with Crippen LogP contribution in [0.5, 0.6) is 5.75 Å². The smallest absolute Gasteiger partial charge is 0.129 e. The standard InChI is InChI=1S/C23H29N5O2/c1-16(17(2)19-6-4-5-7-21(19)30-3)14-26-23-13-20(27-15-28-23)18-8-9-24-22(12-18)25-10-11-29/h4-9,12-13,15-17,29H,10-11,14H2,1-3H3,(H,24,25)(H,26,27,28)/t16-,17?/m1/s1. The molecule has 1 aromatic carbocycles. The molecule has 158 valence electrons. The molecule has 3 rings (SSSR count). The highest BCUT2D eigenvalue weighted by Gasteiger charge is 2.18. The number of hydrogen-bond acceptors (Lipinski definition) is 7. The number of hydrogen-bond donors (Lipinski definition) is 3. The van der Waals surface area contributed by atoms with Gasteiger partial charge < -0.3 is 20.5 Å². The van der Waals surface area contributed by atoms with Crippen molar-refractivity contribution in [1.82, 2.24) is 15.0 Å². The zero-order chi connectivity index (χ0) is 21.3. The summed E-state index contributed by atoms with van der Waals surface area (Å²) < 4.78 is 5.51. The first kappa shape index (κ1) is 21.5. The summed E-state index contributed by atoms with van der Waals surface area (Å²) >= 11 is 0. The van der Waals surface area contributed by atoms with E-state index in [1.54, 1.807) is 19.6 Å². The third-order valence-corrected chi connectivity index (χ3v) is 5.23. The molecule has 7 nitrogen and oxygen atoms in total. The van der Waals surface area contributed by atoms with Gasteiger partial charge in [0.25, 0.3) is 0 Å². The molecule has 0 aliphatic carbocycles. The number of nitrogens with one attached hydrogen (secondary N) is 2. The van der Waals surface area contributed by atoms with Gasteiger partial charge in [0.15, 0.2) is 0 Å². The molecule has 0 aliphatic rings. The lowest BCUT2D eigenvalue weighted by atomic mass is 9.88. The average molecular weight is 408 g/mol. The van der Waals surface area contributed by atoms with Gasteiger partial charge in [-0.25, -0.2) is 15.0 Å². The fourth-order valence-corrected chi connectivity index (χ4v) is 3.27. The highest BCUT2D eigenvalue weighted by atomic mass is 16.5. The first-order valence-corrected chi connectivity index (χ1v) is 10.1. The van der Waals surface area contributed by atoms with Crippen LogP contribution in [0.25, 0.3) is 11.3 Å². The van der Waals surface area contributed by atoms with E-state index >= 15 is 0 Å². The quantitative estimate of drug-likeness (QED) is 0.471. The summed E-state index contributed by atoms with van der Waals surface area (Å²) in [6, 6.07) is 13.9. The second-order valence-electron chi connectivity index (χ2n) is 7.26. The van der Waals surface area contributed by atoms with E-state index in [1.807, 2.05) is 36.4 Å². The van der Waals surface area contributed by atoms with Gasteiger partial charge in [-0.15, -0.1) is 0 Å². The van der Waals surface area contributed by atoms with Gasteiger partial charge >= 0.3 is 0 Å². The highest BCUT2D eigenvalue weighted by Crippen LogP contribution is 2.31. The fourth-order valence-electron chi connectivity index (χ4n) is 3.27. The molecule has 1 unspecified atom stereocenters. The molecule has 2 aromatic heterocycles. The number of benzene rings is 1. The van der Waals surface area contributed by atoms with E-state index < -0.39 is 0 Å². The molecular formula is C23H29N5O2. The lowest BCUT2D eigenvalue weighted by Gasteiger charge is -2.23. The molecule has 0 aliphatic heterocycles. The maximum atomic E-state index is 8.97. The Labute approximate surface area is 177 Å². The molecule has 7 heteroatoms. The Kier molecular flexibility index (Phi) is 7.57. The summed E-state index contributed by atoms with van der Waals surface area (Å²) in [7, 11) is 1.71. The molecule has 0 fully saturated rings. The van der Waals surface area contributed by atoms with Gasteiger partial charge in [0.05, 0.1) is 19.4 Å². The second kappa shape index (κ2) is 10.5. The Hall–Kier alpha value is -3.19. The van der Waals surface area contributed by atoms with E-state index in [1.165, 1.54) is 5.56 Å². The van der Waals surface area contributed by atoms with Gasteiger partial charge in [0.1, 0.15) is 23.7 Å². The average Bonchev–Trinajstić information content (AvgIpc) is 2.81. The van der Waals surface area contributed by atoms with Crippen LogP contribution in [-0.4, -0.2) is 46.9 Å². The Morgan fingerprint density at radius 3 is 2.60 bits per heavy atom. The Morgan fingerprint density at radius 2 is 1.80 bits per heavy atom. The molecule has 0 radical (unpaired) electrons. The lowest BCUT2D eigenvalue weighted by Crippen LogP contribution is -2.18. The number of ether oxygens (including phenoxy) is 1. The number of anilines is 2. The molecule has 2 heterocycles. The Balaban J connectivity index is 1.67. The van der Waals surface area contributed by atoms with Gasteiger partial charge in [-0.05, 0) is 35.6 Å². The molecule has 2 atom stereocenters. The topological polar surface area (TPSA) is 92.2 Å². The number of nitrogens with zero attached hydrogens (tertiary/aromatic N) is 3. The normalized spacial score (nSPS) is 12.8. The van der Waals surface area contributed by atoms with Crippen LogP contribution in [0.3, 0.4) is 0 Å². The van der Waals surface area contributed by atoms with E-state index in [4.69, 9.17) is 9.84 Å². The number of aromatic nitrogens is 3. The van der Waals surface area contributed by atoms with Crippen molar-refractivity contribution in [2.24, 2.45) is 5.92 Å². The zero-order valence-corrected chi connectivity index (χ0v) is 17.7. The minimum Gasteiger partial charge on any atom is -0.496 e. The minimum absolute atomic E-state index is 0.0545. The highest BCUT2D eigenvalue weighted by molar-refractivity contribution is 5.65. The monoisotopic (exact) mass is 407 g/mol. The van der Waals surface area contributed by atoms with Crippen molar-refractivity contribution in [3.8, 4) is 17.0 Å². The summed E-state index contributed by atoms with van der Waals surface area (Å²) in [5.74, 6) is 3.10. The van der Waals surface area contributed by atoms with Crippen LogP contribution < -0.4 is 15.4 Å². The van der Waals surface area contributed by atoms with Crippen molar-refractivity contribution >= 4 is 11.6 Å². The van der Waals surface area contributed by atoms with Gasteiger partial charge in [-0.2, -0.15) is 0 Å². The molecule has 3 aromatic rings.